The van der Waals surface area contributed by atoms with Crippen LogP contribution in [0, 0.1) is 10.1 Å². The highest BCUT2D eigenvalue weighted by atomic mass is 16.6. The molecule has 2 atom stereocenters. The summed E-state index contributed by atoms with van der Waals surface area (Å²) < 4.78 is 0. The Hall–Kier alpha value is -3.53. The third kappa shape index (κ3) is 4.02. The molecule has 0 aliphatic rings. The summed E-state index contributed by atoms with van der Waals surface area (Å²) in [4.78, 5) is 16.2. The molecule has 0 aliphatic heterocycles. The molecule has 0 saturated heterocycles. The van der Waals surface area contributed by atoms with Gasteiger partial charge in [-0.2, -0.15) is 0 Å². The van der Waals surface area contributed by atoms with Gasteiger partial charge in [0.2, 0.25) is 6.04 Å². The van der Waals surface area contributed by atoms with Gasteiger partial charge in [0, 0.05) is 17.6 Å². The average Bonchev–Trinajstić information content (AvgIpc) is 2.76. The van der Waals surface area contributed by atoms with Gasteiger partial charge >= 0.3 is 0 Å². The van der Waals surface area contributed by atoms with Crippen LogP contribution in [0.15, 0.2) is 89.9 Å². The second-order valence-corrected chi connectivity index (χ2v) is 7.20. The molecule has 0 aliphatic carbocycles. The lowest BCUT2D eigenvalue weighted by Gasteiger charge is -2.17. The summed E-state index contributed by atoms with van der Waals surface area (Å²) in [5, 5.41) is 16.2. The van der Waals surface area contributed by atoms with E-state index in [-0.39, 0.29) is 4.92 Å². The molecule has 4 rings (SSSR count). The van der Waals surface area contributed by atoms with Crippen LogP contribution in [-0.2, 0) is 0 Å². The molecule has 4 nitrogen and oxygen atoms in total. The standard InChI is InChI=1S/C25H22N2O2/c1-2-24(27(28)29)25(23-14-13-20-8-4-6-10-22(20)16-23)26-17-18-11-12-19-7-3-5-9-21(19)15-18/h3-17,24-25H,2H2,1H3/t24-,25-/m0/s1. The zero-order chi connectivity index (χ0) is 20.2. The summed E-state index contributed by atoms with van der Waals surface area (Å²) in [5.41, 5.74) is 1.80. The predicted molar refractivity (Wildman–Crippen MR) is 119 cm³/mol. The van der Waals surface area contributed by atoms with Gasteiger partial charge in [-0.3, -0.25) is 15.1 Å². The lowest BCUT2D eigenvalue weighted by Crippen LogP contribution is -2.26. The first-order valence-electron chi connectivity index (χ1n) is 9.80. The molecule has 0 unspecified atom stereocenters. The van der Waals surface area contributed by atoms with Gasteiger partial charge in [-0.15, -0.1) is 0 Å². The van der Waals surface area contributed by atoms with Gasteiger partial charge in [-0.25, -0.2) is 0 Å². The zero-order valence-corrected chi connectivity index (χ0v) is 16.2. The van der Waals surface area contributed by atoms with E-state index in [1.807, 2.05) is 73.7 Å². The van der Waals surface area contributed by atoms with Gasteiger partial charge < -0.3 is 0 Å². The summed E-state index contributed by atoms with van der Waals surface area (Å²) in [5.74, 6) is 0. The van der Waals surface area contributed by atoms with Crippen LogP contribution in [0.2, 0.25) is 0 Å². The minimum atomic E-state index is -0.770. The average molecular weight is 382 g/mol. The number of hydrogen-bond donors (Lipinski definition) is 0. The molecule has 0 aromatic heterocycles. The maximum absolute atomic E-state index is 11.7. The highest BCUT2D eigenvalue weighted by Crippen LogP contribution is 2.28. The third-order valence-electron chi connectivity index (χ3n) is 5.33. The number of nitrogens with zero attached hydrogens (tertiary/aromatic N) is 2. The van der Waals surface area contributed by atoms with E-state index in [1.165, 1.54) is 0 Å². The second kappa shape index (κ2) is 8.23. The normalized spacial score (nSPS) is 13.7. The maximum atomic E-state index is 11.7. The van der Waals surface area contributed by atoms with Crippen LogP contribution >= 0.6 is 0 Å². The Balaban J connectivity index is 1.74. The van der Waals surface area contributed by atoms with Crippen molar-refractivity contribution in [3.8, 4) is 0 Å². The maximum Gasteiger partial charge on any atom is 0.238 e. The molecule has 0 bridgehead atoms. The summed E-state index contributed by atoms with van der Waals surface area (Å²) >= 11 is 0. The van der Waals surface area contributed by atoms with E-state index in [2.05, 4.69) is 18.2 Å². The number of nitro groups is 1. The van der Waals surface area contributed by atoms with E-state index < -0.39 is 12.1 Å². The van der Waals surface area contributed by atoms with Crippen molar-refractivity contribution in [2.24, 2.45) is 4.99 Å². The molecule has 0 spiro atoms. The fraction of sp³-hybridized carbons (Fsp3) is 0.160. The van der Waals surface area contributed by atoms with Crippen LogP contribution in [-0.4, -0.2) is 17.2 Å². The van der Waals surface area contributed by atoms with Crippen molar-refractivity contribution >= 4 is 27.8 Å². The smallest absolute Gasteiger partial charge is 0.238 e. The molecule has 4 aromatic rings. The Kier molecular flexibility index (Phi) is 5.34. The topological polar surface area (TPSA) is 55.5 Å². The molecule has 0 fully saturated rings. The lowest BCUT2D eigenvalue weighted by atomic mass is 9.96. The monoisotopic (exact) mass is 382 g/mol. The summed E-state index contributed by atoms with van der Waals surface area (Å²) in [6.45, 7) is 1.84. The molecular weight excluding hydrogens is 360 g/mol. The Bertz CT molecular complexity index is 1200. The van der Waals surface area contributed by atoms with E-state index in [9.17, 15) is 10.1 Å². The quantitative estimate of drug-likeness (QED) is 0.226. The van der Waals surface area contributed by atoms with E-state index in [1.54, 1.807) is 6.21 Å². The molecule has 144 valence electrons. The molecular formula is C25H22N2O2. The highest BCUT2D eigenvalue weighted by Gasteiger charge is 2.30. The van der Waals surface area contributed by atoms with Crippen molar-refractivity contribution in [3.63, 3.8) is 0 Å². The predicted octanol–water partition coefficient (Wildman–Crippen LogP) is 6.21. The van der Waals surface area contributed by atoms with Gasteiger partial charge in [-0.05, 0) is 44.8 Å². The number of hydrogen-bond acceptors (Lipinski definition) is 3. The summed E-state index contributed by atoms with van der Waals surface area (Å²) in [7, 11) is 0. The summed E-state index contributed by atoms with van der Waals surface area (Å²) in [6, 6.07) is 26.9. The molecule has 4 aromatic carbocycles. The first-order chi connectivity index (χ1) is 14.2. The summed E-state index contributed by atoms with van der Waals surface area (Å²) in [6.07, 6.45) is 2.18. The molecule has 29 heavy (non-hydrogen) atoms. The van der Waals surface area contributed by atoms with Crippen LogP contribution < -0.4 is 0 Å². The van der Waals surface area contributed by atoms with Crippen LogP contribution in [0.4, 0.5) is 0 Å². The van der Waals surface area contributed by atoms with Crippen molar-refractivity contribution in [2.75, 3.05) is 0 Å². The number of benzene rings is 4. The molecule has 0 saturated carbocycles. The Morgan fingerprint density at radius 1 is 0.862 bits per heavy atom. The first-order valence-corrected chi connectivity index (χ1v) is 9.80. The van der Waals surface area contributed by atoms with Crippen LogP contribution in [0.3, 0.4) is 0 Å². The van der Waals surface area contributed by atoms with Crippen molar-refractivity contribution in [2.45, 2.75) is 25.4 Å². The third-order valence-corrected chi connectivity index (χ3v) is 5.33. The zero-order valence-electron chi connectivity index (χ0n) is 16.2. The first kappa shape index (κ1) is 18.8. The molecule has 0 radical (unpaired) electrons. The highest BCUT2D eigenvalue weighted by molar-refractivity contribution is 5.90. The number of fused-ring (bicyclic) bond motifs is 2. The van der Waals surface area contributed by atoms with E-state index in [0.29, 0.717) is 6.42 Å². The fourth-order valence-electron chi connectivity index (χ4n) is 3.74. The van der Waals surface area contributed by atoms with Crippen molar-refractivity contribution in [3.05, 3.63) is 106 Å². The van der Waals surface area contributed by atoms with Crippen molar-refractivity contribution < 1.29 is 4.92 Å². The Morgan fingerprint density at radius 3 is 2.07 bits per heavy atom. The van der Waals surface area contributed by atoms with Crippen LogP contribution in [0.5, 0.6) is 0 Å². The van der Waals surface area contributed by atoms with Gasteiger partial charge in [-0.1, -0.05) is 79.7 Å². The Labute approximate surface area is 169 Å². The number of rotatable bonds is 6. The van der Waals surface area contributed by atoms with Crippen LogP contribution in [0.1, 0.15) is 30.5 Å². The fourth-order valence-corrected chi connectivity index (χ4v) is 3.74. The van der Waals surface area contributed by atoms with Gasteiger partial charge in [0.1, 0.15) is 6.04 Å². The molecule has 4 heteroatoms. The Morgan fingerprint density at radius 2 is 1.45 bits per heavy atom. The second-order valence-electron chi connectivity index (χ2n) is 7.20. The van der Waals surface area contributed by atoms with E-state index in [4.69, 9.17) is 4.99 Å². The van der Waals surface area contributed by atoms with Crippen LogP contribution in [0.25, 0.3) is 21.5 Å². The number of aliphatic imine (C=N–C) groups is 1. The van der Waals surface area contributed by atoms with E-state index in [0.717, 1.165) is 32.7 Å². The van der Waals surface area contributed by atoms with E-state index >= 15 is 0 Å². The minimum Gasteiger partial charge on any atom is -0.277 e. The molecule has 0 N–H and O–H groups in total. The van der Waals surface area contributed by atoms with Crippen molar-refractivity contribution in [1.82, 2.24) is 0 Å². The van der Waals surface area contributed by atoms with Crippen molar-refractivity contribution in [1.29, 1.82) is 0 Å². The largest absolute Gasteiger partial charge is 0.277 e. The SMILES string of the molecule is CC[C@@H]([C@@H](N=Cc1ccc2ccccc2c1)c1ccc2ccccc2c1)[N+](=O)[O-]. The molecule has 0 heterocycles. The van der Waals surface area contributed by atoms with Gasteiger partial charge in [0.25, 0.3) is 0 Å². The van der Waals surface area contributed by atoms with Gasteiger partial charge in [0.05, 0.1) is 0 Å². The minimum absolute atomic E-state index is 0.211. The lowest BCUT2D eigenvalue weighted by molar-refractivity contribution is -0.527. The van der Waals surface area contributed by atoms with Gasteiger partial charge in [0.15, 0.2) is 0 Å². The molecule has 0 amide bonds.